The zero-order valence-corrected chi connectivity index (χ0v) is 17.6. The van der Waals surface area contributed by atoms with Crippen LogP contribution in [0.15, 0.2) is 72.8 Å². The van der Waals surface area contributed by atoms with E-state index in [0.717, 1.165) is 29.2 Å². The van der Waals surface area contributed by atoms with Crippen LogP contribution in [0, 0.1) is 29.3 Å². The lowest BCUT2D eigenvalue weighted by atomic mass is 10.00. The summed E-state index contributed by atoms with van der Waals surface area (Å²) in [7, 11) is 1.64. The quantitative estimate of drug-likeness (QED) is 0.247. The van der Waals surface area contributed by atoms with Crippen LogP contribution in [-0.2, 0) is 11.2 Å². The van der Waals surface area contributed by atoms with E-state index in [2.05, 4.69) is 11.8 Å². The first kappa shape index (κ1) is 21.7. The molecule has 160 valence electrons. The van der Waals surface area contributed by atoms with Crippen molar-refractivity contribution in [3.05, 3.63) is 107 Å². The fourth-order valence-electron chi connectivity index (χ4n) is 3.59. The minimum Gasteiger partial charge on any atom is -0.385 e. The van der Waals surface area contributed by atoms with Crippen LogP contribution in [0.3, 0.4) is 0 Å². The van der Waals surface area contributed by atoms with Crippen LogP contribution < -0.4 is 0 Å². The topological polar surface area (TPSA) is 9.23 Å². The predicted molar refractivity (Wildman–Crippen MR) is 122 cm³/mol. The molecule has 0 saturated carbocycles. The molecule has 32 heavy (non-hydrogen) atoms. The highest BCUT2D eigenvalue weighted by atomic mass is 19.1. The predicted octanol–water partition coefficient (Wildman–Crippen LogP) is 6.90. The Hall–Kier alpha value is -3.55. The molecule has 0 fully saturated rings. The number of methoxy groups -OCH3 is 1. The Kier molecular flexibility index (Phi) is 6.58. The van der Waals surface area contributed by atoms with Crippen LogP contribution in [-0.4, -0.2) is 13.7 Å². The Morgan fingerprint density at radius 3 is 2.34 bits per heavy atom. The molecule has 4 heteroatoms. The third kappa shape index (κ3) is 5.01. The summed E-state index contributed by atoms with van der Waals surface area (Å²) >= 11 is 0. The zero-order valence-electron chi connectivity index (χ0n) is 17.6. The van der Waals surface area contributed by atoms with Crippen molar-refractivity contribution >= 4 is 10.8 Å². The number of hydrogen-bond donors (Lipinski definition) is 0. The fraction of sp³-hybridized carbons (Fsp3) is 0.143. The molecule has 0 bridgehead atoms. The van der Waals surface area contributed by atoms with E-state index in [1.165, 1.54) is 24.3 Å². The normalized spacial score (nSPS) is 10.8. The summed E-state index contributed by atoms with van der Waals surface area (Å²) in [5, 5.41) is 1.63. The first-order valence-electron chi connectivity index (χ1n) is 10.3. The van der Waals surface area contributed by atoms with Crippen molar-refractivity contribution in [2.24, 2.45) is 0 Å². The molecule has 0 atom stereocenters. The smallest absolute Gasteiger partial charge is 0.139 e. The molecule has 4 rings (SSSR count). The molecule has 4 aromatic rings. The first-order chi connectivity index (χ1) is 15.5. The average Bonchev–Trinajstić information content (AvgIpc) is 2.78. The number of aryl methyl sites for hydroxylation is 1. The number of rotatable bonds is 5. The molecule has 0 spiro atoms. The lowest BCUT2D eigenvalue weighted by Gasteiger charge is -2.07. The second-order valence-electron chi connectivity index (χ2n) is 7.56. The summed E-state index contributed by atoms with van der Waals surface area (Å²) in [6.07, 6.45) is 1.53. The van der Waals surface area contributed by atoms with Crippen molar-refractivity contribution in [1.82, 2.24) is 0 Å². The summed E-state index contributed by atoms with van der Waals surface area (Å²) in [4.78, 5) is 0. The van der Waals surface area contributed by atoms with Gasteiger partial charge in [-0.3, -0.25) is 0 Å². The minimum atomic E-state index is -0.513. The van der Waals surface area contributed by atoms with Crippen molar-refractivity contribution in [3.63, 3.8) is 0 Å². The maximum absolute atomic E-state index is 14.7. The van der Waals surface area contributed by atoms with E-state index < -0.39 is 5.82 Å². The Labute approximate surface area is 185 Å². The van der Waals surface area contributed by atoms with Gasteiger partial charge in [0.2, 0.25) is 0 Å². The van der Waals surface area contributed by atoms with Crippen molar-refractivity contribution in [3.8, 4) is 23.0 Å². The van der Waals surface area contributed by atoms with Gasteiger partial charge in [0.1, 0.15) is 17.5 Å². The molecular weight excluding hydrogens is 409 g/mol. The second-order valence-corrected chi connectivity index (χ2v) is 7.56. The molecule has 0 saturated heterocycles. The van der Waals surface area contributed by atoms with Gasteiger partial charge in [-0.25, -0.2) is 13.2 Å². The van der Waals surface area contributed by atoms with Crippen LogP contribution in [0.5, 0.6) is 0 Å². The van der Waals surface area contributed by atoms with E-state index in [4.69, 9.17) is 4.74 Å². The SMILES string of the molecule is COCCCc1ccc(-c2ccc(C#Cc3ccc4cc(F)ccc4c3)c(F)c2)c(F)c1. The highest BCUT2D eigenvalue weighted by molar-refractivity contribution is 5.84. The van der Waals surface area contributed by atoms with Crippen molar-refractivity contribution < 1.29 is 17.9 Å². The number of halogens is 3. The third-order valence-corrected chi connectivity index (χ3v) is 5.27. The molecule has 0 aliphatic carbocycles. The van der Waals surface area contributed by atoms with Gasteiger partial charge in [-0.05, 0) is 77.2 Å². The van der Waals surface area contributed by atoms with E-state index in [1.807, 2.05) is 12.1 Å². The standard InChI is InChI=1S/C28H21F3O/c1-32-14-2-3-19-6-13-26(28(31)16-19)24-10-9-21(27(30)18-24)7-4-20-5-8-23-17-25(29)12-11-22(23)15-20/h5-6,8-13,15-18H,2-3,14H2,1H3. The monoisotopic (exact) mass is 430 g/mol. The first-order valence-corrected chi connectivity index (χ1v) is 10.3. The maximum Gasteiger partial charge on any atom is 0.139 e. The van der Waals surface area contributed by atoms with Crippen LogP contribution in [0.25, 0.3) is 21.9 Å². The average molecular weight is 430 g/mol. The number of ether oxygens (including phenoxy) is 1. The Morgan fingerprint density at radius 1 is 0.750 bits per heavy atom. The van der Waals surface area contributed by atoms with Crippen molar-refractivity contribution in [2.75, 3.05) is 13.7 Å². The largest absolute Gasteiger partial charge is 0.385 e. The molecule has 4 aromatic carbocycles. The van der Waals surface area contributed by atoms with Crippen LogP contribution >= 0.6 is 0 Å². The zero-order chi connectivity index (χ0) is 22.5. The molecule has 0 aliphatic heterocycles. The molecule has 0 amide bonds. The fourth-order valence-corrected chi connectivity index (χ4v) is 3.59. The Morgan fingerprint density at radius 2 is 1.56 bits per heavy atom. The maximum atomic E-state index is 14.7. The van der Waals surface area contributed by atoms with Gasteiger partial charge in [-0.2, -0.15) is 0 Å². The highest BCUT2D eigenvalue weighted by Crippen LogP contribution is 2.26. The van der Waals surface area contributed by atoms with E-state index >= 15 is 0 Å². The van der Waals surface area contributed by atoms with Gasteiger partial charge in [0.25, 0.3) is 0 Å². The molecule has 0 aliphatic rings. The van der Waals surface area contributed by atoms with E-state index in [0.29, 0.717) is 23.3 Å². The summed E-state index contributed by atoms with van der Waals surface area (Å²) in [6.45, 7) is 0.620. The van der Waals surface area contributed by atoms with Crippen LogP contribution in [0.4, 0.5) is 13.2 Å². The van der Waals surface area contributed by atoms with Crippen molar-refractivity contribution in [1.29, 1.82) is 0 Å². The molecular formula is C28H21F3O. The van der Waals surface area contributed by atoms with Gasteiger partial charge in [0.05, 0.1) is 5.56 Å². The molecule has 0 N–H and O–H groups in total. The molecule has 0 heterocycles. The molecule has 1 nitrogen and oxygen atoms in total. The summed E-state index contributed by atoms with van der Waals surface area (Å²) in [5.41, 5.74) is 2.61. The molecule has 0 unspecified atom stereocenters. The Balaban J connectivity index is 1.55. The van der Waals surface area contributed by atoms with Gasteiger partial charge < -0.3 is 4.74 Å². The van der Waals surface area contributed by atoms with E-state index in [-0.39, 0.29) is 17.2 Å². The minimum absolute atomic E-state index is 0.226. The van der Waals surface area contributed by atoms with E-state index in [9.17, 15) is 13.2 Å². The van der Waals surface area contributed by atoms with Gasteiger partial charge in [-0.1, -0.05) is 42.2 Å². The number of fused-ring (bicyclic) bond motifs is 1. The van der Waals surface area contributed by atoms with Crippen LogP contribution in [0.2, 0.25) is 0 Å². The van der Waals surface area contributed by atoms with Crippen molar-refractivity contribution in [2.45, 2.75) is 12.8 Å². The summed E-state index contributed by atoms with van der Waals surface area (Å²) in [6, 6.07) is 19.5. The molecule has 0 radical (unpaired) electrons. The third-order valence-electron chi connectivity index (χ3n) is 5.27. The number of hydrogen-bond acceptors (Lipinski definition) is 1. The van der Waals surface area contributed by atoms with Crippen LogP contribution in [0.1, 0.15) is 23.1 Å². The van der Waals surface area contributed by atoms with Gasteiger partial charge in [0, 0.05) is 24.8 Å². The lowest BCUT2D eigenvalue weighted by Crippen LogP contribution is -1.95. The lowest BCUT2D eigenvalue weighted by molar-refractivity contribution is 0.195. The van der Waals surface area contributed by atoms with Gasteiger partial charge in [-0.15, -0.1) is 0 Å². The van der Waals surface area contributed by atoms with Gasteiger partial charge in [0.15, 0.2) is 0 Å². The summed E-state index contributed by atoms with van der Waals surface area (Å²) in [5.74, 6) is 4.58. The Bertz CT molecular complexity index is 1330. The highest BCUT2D eigenvalue weighted by Gasteiger charge is 2.09. The summed E-state index contributed by atoms with van der Waals surface area (Å²) < 4.78 is 47.6. The van der Waals surface area contributed by atoms with E-state index in [1.54, 1.807) is 43.5 Å². The number of benzene rings is 4. The molecule has 0 aromatic heterocycles. The van der Waals surface area contributed by atoms with Gasteiger partial charge >= 0.3 is 0 Å². The second kappa shape index (κ2) is 9.72.